The van der Waals surface area contributed by atoms with E-state index in [4.69, 9.17) is 32.4 Å². The molecule has 0 aliphatic carbocycles. The van der Waals surface area contributed by atoms with E-state index in [1.165, 1.54) is 0 Å². The maximum Gasteiger partial charge on any atom is 0.134 e. The Bertz CT molecular complexity index is 979. The second kappa shape index (κ2) is 7.54. The molecule has 0 N–H and O–H groups in total. The monoisotopic (exact) mass is 386 g/mol. The number of halogens is 2. The third-order valence-corrected chi connectivity index (χ3v) is 4.71. The lowest BCUT2D eigenvalue weighted by atomic mass is 10.1. The number of ether oxygens (including phenoxy) is 1. The van der Waals surface area contributed by atoms with E-state index in [0.29, 0.717) is 23.2 Å². The Kier molecular flexibility index (Phi) is 4.98. The SMILES string of the molecule is Clc1ccc(C(Cn2ccnc2)OCc2cc3ccccc3o2)c(Cl)c1. The van der Waals surface area contributed by atoms with Crippen molar-refractivity contribution in [2.45, 2.75) is 19.3 Å². The first-order chi connectivity index (χ1) is 12.7. The Balaban J connectivity index is 1.57. The molecule has 1 unspecified atom stereocenters. The van der Waals surface area contributed by atoms with E-state index in [0.717, 1.165) is 22.3 Å². The molecule has 4 rings (SSSR count). The average molecular weight is 387 g/mol. The zero-order valence-corrected chi connectivity index (χ0v) is 15.3. The zero-order chi connectivity index (χ0) is 17.9. The van der Waals surface area contributed by atoms with Gasteiger partial charge in [0, 0.05) is 33.4 Å². The highest BCUT2D eigenvalue weighted by atomic mass is 35.5. The first kappa shape index (κ1) is 17.2. The second-order valence-corrected chi connectivity index (χ2v) is 6.82. The number of furan rings is 1. The molecule has 0 saturated carbocycles. The summed E-state index contributed by atoms with van der Waals surface area (Å²) in [5.41, 5.74) is 1.72. The van der Waals surface area contributed by atoms with Gasteiger partial charge in [-0.1, -0.05) is 47.5 Å². The van der Waals surface area contributed by atoms with Crippen molar-refractivity contribution in [3.8, 4) is 0 Å². The lowest BCUT2D eigenvalue weighted by molar-refractivity contribution is 0.0196. The number of para-hydroxylation sites is 1. The van der Waals surface area contributed by atoms with Crippen LogP contribution in [0, 0.1) is 0 Å². The third-order valence-electron chi connectivity index (χ3n) is 4.15. The fourth-order valence-electron chi connectivity index (χ4n) is 2.88. The minimum atomic E-state index is -0.262. The van der Waals surface area contributed by atoms with Gasteiger partial charge in [0.2, 0.25) is 0 Å². The summed E-state index contributed by atoms with van der Waals surface area (Å²) >= 11 is 12.4. The van der Waals surface area contributed by atoms with Crippen molar-refractivity contribution in [1.29, 1.82) is 0 Å². The minimum absolute atomic E-state index is 0.262. The van der Waals surface area contributed by atoms with Gasteiger partial charge in [0.1, 0.15) is 24.1 Å². The summed E-state index contributed by atoms with van der Waals surface area (Å²) in [4.78, 5) is 4.09. The van der Waals surface area contributed by atoms with Crippen molar-refractivity contribution in [2.75, 3.05) is 0 Å². The van der Waals surface area contributed by atoms with Gasteiger partial charge in [-0.3, -0.25) is 0 Å². The number of benzene rings is 2. The van der Waals surface area contributed by atoms with E-state index < -0.39 is 0 Å². The van der Waals surface area contributed by atoms with Crippen LogP contribution in [0.15, 0.2) is 71.7 Å². The van der Waals surface area contributed by atoms with Crippen LogP contribution in [-0.2, 0) is 17.9 Å². The van der Waals surface area contributed by atoms with Gasteiger partial charge in [0.15, 0.2) is 0 Å². The smallest absolute Gasteiger partial charge is 0.134 e. The van der Waals surface area contributed by atoms with Crippen molar-refractivity contribution in [3.05, 3.63) is 88.6 Å². The van der Waals surface area contributed by atoms with Crippen LogP contribution < -0.4 is 0 Å². The van der Waals surface area contributed by atoms with Crippen molar-refractivity contribution in [1.82, 2.24) is 9.55 Å². The minimum Gasteiger partial charge on any atom is -0.459 e. The predicted molar refractivity (Wildman–Crippen MR) is 102 cm³/mol. The van der Waals surface area contributed by atoms with E-state index in [1.54, 1.807) is 18.6 Å². The Morgan fingerprint density at radius 2 is 2.00 bits per heavy atom. The van der Waals surface area contributed by atoms with Gasteiger partial charge in [-0.15, -0.1) is 0 Å². The number of aromatic nitrogens is 2. The largest absolute Gasteiger partial charge is 0.459 e. The number of hydrogen-bond acceptors (Lipinski definition) is 3. The zero-order valence-electron chi connectivity index (χ0n) is 13.8. The van der Waals surface area contributed by atoms with Crippen LogP contribution >= 0.6 is 23.2 Å². The Morgan fingerprint density at radius 3 is 2.77 bits per heavy atom. The molecule has 4 nitrogen and oxygen atoms in total. The summed E-state index contributed by atoms with van der Waals surface area (Å²) in [6.07, 6.45) is 5.12. The molecule has 0 radical (unpaired) electrons. The molecule has 0 bridgehead atoms. The Morgan fingerprint density at radius 1 is 1.12 bits per heavy atom. The molecule has 2 aromatic heterocycles. The van der Waals surface area contributed by atoms with E-state index in [2.05, 4.69) is 4.98 Å². The molecule has 2 heterocycles. The summed E-state index contributed by atoms with van der Waals surface area (Å²) in [5.74, 6) is 0.770. The van der Waals surface area contributed by atoms with E-state index >= 15 is 0 Å². The first-order valence-corrected chi connectivity index (χ1v) is 8.94. The van der Waals surface area contributed by atoms with Crippen LogP contribution in [0.5, 0.6) is 0 Å². The number of imidazole rings is 1. The molecule has 132 valence electrons. The highest BCUT2D eigenvalue weighted by molar-refractivity contribution is 6.35. The van der Waals surface area contributed by atoms with Crippen molar-refractivity contribution >= 4 is 34.2 Å². The molecule has 1 atom stereocenters. The van der Waals surface area contributed by atoms with E-state index in [-0.39, 0.29) is 6.10 Å². The Labute approximate surface area is 160 Å². The summed E-state index contributed by atoms with van der Waals surface area (Å²) in [5, 5.41) is 2.23. The molecule has 0 amide bonds. The summed E-state index contributed by atoms with van der Waals surface area (Å²) in [6.45, 7) is 0.925. The van der Waals surface area contributed by atoms with Gasteiger partial charge in [0.25, 0.3) is 0 Å². The molecule has 0 saturated heterocycles. The standard InChI is InChI=1S/C20H16Cl2N2O2/c21-15-5-6-17(18(22)10-15)20(11-24-8-7-23-13-24)25-12-16-9-14-3-1-2-4-19(14)26-16/h1-10,13,20H,11-12H2. The maximum absolute atomic E-state index is 6.40. The summed E-state index contributed by atoms with van der Waals surface area (Å²) < 4.78 is 14.0. The fourth-order valence-corrected chi connectivity index (χ4v) is 3.41. The Hall–Kier alpha value is -2.27. The van der Waals surface area contributed by atoms with Gasteiger partial charge in [-0.05, 0) is 24.3 Å². The molecule has 0 fully saturated rings. The summed E-state index contributed by atoms with van der Waals surface area (Å²) in [6, 6.07) is 15.3. The molecule has 0 spiro atoms. The van der Waals surface area contributed by atoms with Gasteiger partial charge in [-0.2, -0.15) is 0 Å². The highest BCUT2D eigenvalue weighted by Gasteiger charge is 2.18. The highest BCUT2D eigenvalue weighted by Crippen LogP contribution is 2.31. The average Bonchev–Trinajstić information content (AvgIpc) is 3.28. The number of hydrogen-bond donors (Lipinski definition) is 0. The van der Waals surface area contributed by atoms with Crippen LogP contribution in [0.1, 0.15) is 17.4 Å². The maximum atomic E-state index is 6.40. The molecular weight excluding hydrogens is 371 g/mol. The molecule has 4 aromatic rings. The quantitative estimate of drug-likeness (QED) is 0.414. The predicted octanol–water partition coefficient (Wildman–Crippen LogP) is 5.89. The van der Waals surface area contributed by atoms with E-state index in [9.17, 15) is 0 Å². The van der Waals surface area contributed by atoms with Crippen molar-refractivity contribution < 1.29 is 9.15 Å². The molecule has 26 heavy (non-hydrogen) atoms. The lowest BCUT2D eigenvalue weighted by Gasteiger charge is -2.19. The fraction of sp³-hybridized carbons (Fsp3) is 0.150. The van der Waals surface area contributed by atoms with Gasteiger partial charge < -0.3 is 13.7 Å². The topological polar surface area (TPSA) is 40.2 Å². The van der Waals surface area contributed by atoms with Crippen molar-refractivity contribution in [2.24, 2.45) is 0 Å². The number of nitrogens with zero attached hydrogens (tertiary/aromatic N) is 2. The van der Waals surface area contributed by atoms with Crippen LogP contribution in [-0.4, -0.2) is 9.55 Å². The van der Waals surface area contributed by atoms with Gasteiger partial charge in [0.05, 0.1) is 12.9 Å². The lowest BCUT2D eigenvalue weighted by Crippen LogP contribution is -2.12. The van der Waals surface area contributed by atoms with Crippen LogP contribution in [0.4, 0.5) is 0 Å². The second-order valence-electron chi connectivity index (χ2n) is 5.98. The third kappa shape index (κ3) is 3.78. The molecule has 0 aliphatic heterocycles. The first-order valence-electron chi connectivity index (χ1n) is 8.19. The van der Waals surface area contributed by atoms with E-state index in [1.807, 2.05) is 53.2 Å². The number of rotatable bonds is 6. The van der Waals surface area contributed by atoms with Crippen LogP contribution in [0.25, 0.3) is 11.0 Å². The molecule has 2 aromatic carbocycles. The normalized spacial score (nSPS) is 12.5. The van der Waals surface area contributed by atoms with Crippen LogP contribution in [0.2, 0.25) is 10.0 Å². The van der Waals surface area contributed by atoms with Gasteiger partial charge >= 0.3 is 0 Å². The summed E-state index contributed by atoms with van der Waals surface area (Å²) in [7, 11) is 0. The van der Waals surface area contributed by atoms with Crippen molar-refractivity contribution in [3.63, 3.8) is 0 Å². The molecule has 6 heteroatoms. The van der Waals surface area contributed by atoms with Crippen LogP contribution in [0.3, 0.4) is 0 Å². The number of fused-ring (bicyclic) bond motifs is 1. The molecular formula is C20H16Cl2N2O2. The molecule has 0 aliphatic rings. The van der Waals surface area contributed by atoms with Gasteiger partial charge in [-0.25, -0.2) is 4.98 Å².